The van der Waals surface area contributed by atoms with E-state index in [9.17, 15) is 0 Å². The standard InChI is InChI=1S/C29H36N4/c1-20(2)19-32-15-13-23(14-16-32)30-26-18-29-27(17-22(26)4)31-25-7-5-6-8-28(25)33(29)24-11-9-21(3)10-12-24/h7-12,17-18,20,23H,5-6,13-16,19H2,1-4H3. The van der Waals surface area contributed by atoms with Gasteiger partial charge in [0.15, 0.2) is 0 Å². The molecule has 0 amide bonds. The molecule has 4 nitrogen and oxygen atoms in total. The van der Waals surface area contributed by atoms with Crippen molar-refractivity contribution >= 4 is 12.2 Å². The zero-order valence-corrected chi connectivity index (χ0v) is 20.5. The van der Waals surface area contributed by atoms with Gasteiger partial charge < -0.3 is 9.47 Å². The van der Waals surface area contributed by atoms with Gasteiger partial charge in [0.25, 0.3) is 0 Å². The summed E-state index contributed by atoms with van der Waals surface area (Å²) in [6.07, 6.45) is 9.02. The van der Waals surface area contributed by atoms with Crippen molar-refractivity contribution in [3.63, 3.8) is 0 Å². The van der Waals surface area contributed by atoms with Gasteiger partial charge in [0.1, 0.15) is 0 Å². The van der Waals surface area contributed by atoms with Crippen LogP contribution in [0, 0.1) is 19.8 Å². The summed E-state index contributed by atoms with van der Waals surface area (Å²) < 4.78 is 2.39. The first-order valence-electron chi connectivity index (χ1n) is 12.5. The fraction of sp³-hybridized carbons (Fsp3) is 0.448. The Labute approximate surface area is 197 Å². The van der Waals surface area contributed by atoms with E-state index in [-0.39, 0.29) is 0 Å². The van der Waals surface area contributed by atoms with E-state index in [4.69, 9.17) is 9.98 Å². The number of hydrogen-bond acceptors (Lipinski definition) is 3. The van der Waals surface area contributed by atoms with Crippen LogP contribution in [0.2, 0.25) is 0 Å². The molecular formula is C29H36N4. The van der Waals surface area contributed by atoms with E-state index in [1.54, 1.807) is 0 Å². The molecule has 0 spiro atoms. The quantitative estimate of drug-likeness (QED) is 0.615. The Morgan fingerprint density at radius 3 is 2.45 bits per heavy atom. The predicted molar refractivity (Wildman–Crippen MR) is 137 cm³/mol. The van der Waals surface area contributed by atoms with Crippen LogP contribution in [-0.4, -0.2) is 40.1 Å². The fourth-order valence-electron chi connectivity index (χ4n) is 5.21. The average molecular weight is 441 g/mol. The van der Waals surface area contributed by atoms with Crippen molar-refractivity contribution in [1.82, 2.24) is 14.5 Å². The lowest BCUT2D eigenvalue weighted by atomic mass is 10.0. The smallest absolute Gasteiger partial charge is 0.0882 e. The molecule has 2 aliphatic carbocycles. The van der Waals surface area contributed by atoms with Crippen molar-refractivity contribution < 1.29 is 0 Å². The molecule has 0 N–H and O–H groups in total. The van der Waals surface area contributed by atoms with Gasteiger partial charge in [0.2, 0.25) is 0 Å². The molecule has 0 aromatic heterocycles. The zero-order valence-electron chi connectivity index (χ0n) is 20.5. The molecule has 1 aromatic rings. The third-order valence-corrected chi connectivity index (χ3v) is 6.91. The molecule has 5 rings (SSSR count). The van der Waals surface area contributed by atoms with Crippen LogP contribution in [-0.2, 0) is 0 Å². The lowest BCUT2D eigenvalue weighted by Gasteiger charge is -2.31. The van der Waals surface area contributed by atoms with Crippen molar-refractivity contribution in [2.75, 3.05) is 19.6 Å². The Balaban J connectivity index is 1.61. The van der Waals surface area contributed by atoms with Crippen molar-refractivity contribution in [3.05, 3.63) is 63.6 Å². The third kappa shape index (κ3) is 4.67. The molecular weight excluding hydrogens is 404 g/mol. The molecule has 1 aromatic carbocycles. The monoisotopic (exact) mass is 440 g/mol. The van der Waals surface area contributed by atoms with Gasteiger partial charge in [-0.25, -0.2) is 4.98 Å². The number of aryl methyl sites for hydroxylation is 2. The van der Waals surface area contributed by atoms with Gasteiger partial charge in [-0.1, -0.05) is 43.7 Å². The SMILES string of the molecule is Cc1ccc(-n2c3cc(=NC4CCN(CC(C)C)CC4)c(C)cc-3nc3c2=CCCC=3)cc1. The molecule has 0 bridgehead atoms. The minimum absolute atomic E-state index is 0.405. The van der Waals surface area contributed by atoms with Crippen LogP contribution in [0.25, 0.3) is 29.2 Å². The van der Waals surface area contributed by atoms with Gasteiger partial charge in [-0.05, 0) is 75.3 Å². The maximum atomic E-state index is 5.26. The van der Waals surface area contributed by atoms with Crippen molar-refractivity contribution in [2.45, 2.75) is 59.4 Å². The average Bonchev–Trinajstić information content (AvgIpc) is 2.80. The first kappa shape index (κ1) is 22.1. The van der Waals surface area contributed by atoms with Crippen LogP contribution in [0.4, 0.5) is 0 Å². The summed E-state index contributed by atoms with van der Waals surface area (Å²) in [4.78, 5) is 12.9. The van der Waals surface area contributed by atoms with E-state index in [1.807, 2.05) is 0 Å². The lowest BCUT2D eigenvalue weighted by molar-refractivity contribution is 0.192. The summed E-state index contributed by atoms with van der Waals surface area (Å²) in [5.41, 5.74) is 5.87. The molecule has 4 heteroatoms. The van der Waals surface area contributed by atoms with Crippen LogP contribution < -0.4 is 16.1 Å². The molecule has 2 aliphatic heterocycles. The van der Waals surface area contributed by atoms with Crippen LogP contribution in [0.1, 0.15) is 50.7 Å². The Morgan fingerprint density at radius 1 is 1.00 bits per heavy atom. The maximum Gasteiger partial charge on any atom is 0.0882 e. The molecule has 0 atom stereocenters. The topological polar surface area (TPSA) is 33.4 Å². The van der Waals surface area contributed by atoms with Crippen molar-refractivity contribution in [2.24, 2.45) is 10.9 Å². The minimum Gasteiger partial charge on any atom is -0.306 e. The second kappa shape index (κ2) is 9.26. The van der Waals surface area contributed by atoms with Gasteiger partial charge in [-0.2, -0.15) is 0 Å². The minimum atomic E-state index is 0.405. The summed E-state index contributed by atoms with van der Waals surface area (Å²) in [6, 6.07) is 13.7. The fourth-order valence-corrected chi connectivity index (χ4v) is 5.21. The van der Waals surface area contributed by atoms with Gasteiger partial charge in [-0.15, -0.1) is 0 Å². The Bertz CT molecular complexity index is 1290. The van der Waals surface area contributed by atoms with Gasteiger partial charge in [0.05, 0.1) is 33.5 Å². The predicted octanol–water partition coefficient (Wildman–Crippen LogP) is 3.97. The van der Waals surface area contributed by atoms with Crippen LogP contribution in [0.5, 0.6) is 0 Å². The zero-order chi connectivity index (χ0) is 22.9. The second-order valence-electron chi connectivity index (χ2n) is 10.2. The van der Waals surface area contributed by atoms with E-state index in [0.717, 1.165) is 66.8 Å². The van der Waals surface area contributed by atoms with Gasteiger partial charge >= 0.3 is 0 Å². The number of benzene rings is 2. The number of hydrogen-bond donors (Lipinski definition) is 0. The van der Waals surface area contributed by atoms with E-state index in [0.29, 0.717) is 6.04 Å². The number of nitrogens with zero attached hydrogens (tertiary/aromatic N) is 4. The molecule has 4 aliphatic rings. The van der Waals surface area contributed by atoms with Crippen LogP contribution >= 0.6 is 0 Å². The molecule has 33 heavy (non-hydrogen) atoms. The summed E-state index contributed by atoms with van der Waals surface area (Å²) in [7, 11) is 0. The lowest BCUT2D eigenvalue weighted by Crippen LogP contribution is -2.40. The summed E-state index contributed by atoms with van der Waals surface area (Å²) >= 11 is 0. The molecule has 172 valence electrons. The molecule has 0 radical (unpaired) electrons. The van der Waals surface area contributed by atoms with Gasteiger partial charge in [0, 0.05) is 25.3 Å². The third-order valence-electron chi connectivity index (χ3n) is 6.91. The van der Waals surface area contributed by atoms with Crippen molar-refractivity contribution in [1.29, 1.82) is 0 Å². The Morgan fingerprint density at radius 2 is 1.73 bits per heavy atom. The molecule has 2 heterocycles. The molecule has 1 fully saturated rings. The molecule has 0 unspecified atom stereocenters. The largest absolute Gasteiger partial charge is 0.306 e. The first-order valence-corrected chi connectivity index (χ1v) is 12.5. The van der Waals surface area contributed by atoms with Crippen LogP contribution in [0.3, 0.4) is 0 Å². The summed E-state index contributed by atoms with van der Waals surface area (Å²) in [6.45, 7) is 12.4. The highest BCUT2D eigenvalue weighted by Crippen LogP contribution is 2.21. The highest BCUT2D eigenvalue weighted by Gasteiger charge is 2.20. The van der Waals surface area contributed by atoms with E-state index >= 15 is 0 Å². The normalized spacial score (nSPS) is 17.8. The number of aromatic nitrogens is 2. The maximum absolute atomic E-state index is 5.26. The first-order chi connectivity index (χ1) is 16.0. The van der Waals surface area contributed by atoms with Gasteiger partial charge in [-0.3, -0.25) is 4.99 Å². The van der Waals surface area contributed by atoms with E-state index in [1.165, 1.54) is 28.7 Å². The highest BCUT2D eigenvalue weighted by atomic mass is 15.1. The Hall–Kier alpha value is -2.72. The summed E-state index contributed by atoms with van der Waals surface area (Å²) in [5.74, 6) is 0.728. The number of fused-ring (bicyclic) bond motifs is 2. The number of rotatable bonds is 4. The number of likely N-dealkylation sites (tertiary alicyclic amines) is 1. The molecule has 0 saturated carbocycles. The number of piperidine rings is 1. The molecule has 1 saturated heterocycles. The van der Waals surface area contributed by atoms with Crippen LogP contribution in [0.15, 0.2) is 41.4 Å². The second-order valence-corrected chi connectivity index (χ2v) is 10.2. The van der Waals surface area contributed by atoms with E-state index in [2.05, 4.69) is 85.7 Å². The van der Waals surface area contributed by atoms with E-state index < -0.39 is 0 Å². The van der Waals surface area contributed by atoms with Crippen molar-refractivity contribution in [3.8, 4) is 17.1 Å². The Kier molecular flexibility index (Phi) is 6.20. The highest BCUT2D eigenvalue weighted by molar-refractivity contribution is 5.62. The summed E-state index contributed by atoms with van der Waals surface area (Å²) in [5, 5.41) is 3.41.